The van der Waals surface area contributed by atoms with Gasteiger partial charge in [0.1, 0.15) is 11.9 Å². The van der Waals surface area contributed by atoms with Crippen LogP contribution in [0.25, 0.3) is 0 Å². The van der Waals surface area contributed by atoms with Gasteiger partial charge in [0.05, 0.1) is 5.41 Å². The van der Waals surface area contributed by atoms with E-state index in [0.29, 0.717) is 0 Å². The van der Waals surface area contributed by atoms with E-state index in [9.17, 15) is 4.79 Å². The molecule has 4 heterocycles. The highest BCUT2D eigenvalue weighted by molar-refractivity contribution is 6.06. The zero-order valence-electron chi connectivity index (χ0n) is 15.8. The fourth-order valence-electron chi connectivity index (χ4n) is 4.84. The van der Waals surface area contributed by atoms with E-state index in [4.69, 9.17) is 4.74 Å². The van der Waals surface area contributed by atoms with Crippen LogP contribution in [-0.4, -0.2) is 46.5 Å². The van der Waals surface area contributed by atoms with Crippen molar-refractivity contribution < 1.29 is 9.53 Å². The molecule has 0 bridgehead atoms. The van der Waals surface area contributed by atoms with Crippen LogP contribution in [-0.2, 0) is 16.6 Å². The van der Waals surface area contributed by atoms with Gasteiger partial charge in [0.2, 0.25) is 11.8 Å². The van der Waals surface area contributed by atoms with Crippen LogP contribution in [0.2, 0.25) is 0 Å². The van der Waals surface area contributed by atoms with Gasteiger partial charge in [-0.05, 0) is 51.4 Å². The third kappa shape index (κ3) is 2.62. The van der Waals surface area contributed by atoms with Crippen LogP contribution < -0.4 is 10.1 Å². The summed E-state index contributed by atoms with van der Waals surface area (Å²) in [5.74, 6) is 1.68. The third-order valence-corrected chi connectivity index (χ3v) is 6.29. The monoisotopic (exact) mass is 364 g/mol. The Morgan fingerprint density at radius 1 is 1.22 bits per heavy atom. The Morgan fingerprint density at radius 3 is 2.81 bits per heavy atom. The summed E-state index contributed by atoms with van der Waals surface area (Å²) in [5.41, 5.74) is 3.96. The summed E-state index contributed by atoms with van der Waals surface area (Å²) in [4.78, 5) is 24.0. The number of piperidine rings is 1. The molecule has 140 valence electrons. The molecule has 1 aromatic heterocycles. The van der Waals surface area contributed by atoms with Crippen LogP contribution in [0, 0.1) is 13.8 Å². The Labute approximate surface area is 159 Å². The molecule has 27 heavy (non-hydrogen) atoms. The number of nitrogens with one attached hydrogen (secondary N) is 1. The fourth-order valence-corrected chi connectivity index (χ4v) is 4.84. The Balaban J connectivity index is 1.26. The highest BCUT2D eigenvalue weighted by atomic mass is 16.5. The molecule has 1 amide bonds. The number of fused-ring (bicyclic) bond motifs is 3. The molecule has 1 aromatic carbocycles. The molecule has 1 spiro atoms. The van der Waals surface area contributed by atoms with Gasteiger partial charge in [-0.15, -0.1) is 0 Å². The summed E-state index contributed by atoms with van der Waals surface area (Å²) in [6.45, 7) is 6.61. The number of hydrogen-bond donors (Lipinski definition) is 1. The van der Waals surface area contributed by atoms with Gasteiger partial charge in [-0.2, -0.15) is 4.98 Å². The Morgan fingerprint density at radius 2 is 2.00 bits per heavy atom. The number of para-hydroxylation sites is 1. The van der Waals surface area contributed by atoms with E-state index >= 15 is 0 Å². The van der Waals surface area contributed by atoms with Crippen LogP contribution in [0.1, 0.15) is 35.5 Å². The fraction of sp³-hybridized carbons (Fsp3) is 0.476. The van der Waals surface area contributed by atoms with Gasteiger partial charge in [0.15, 0.2) is 0 Å². The normalized spacial score (nSPS) is 23.0. The maximum Gasteiger partial charge on any atom is 0.235 e. The summed E-state index contributed by atoms with van der Waals surface area (Å²) in [6.07, 6.45) is 2.70. The predicted octanol–water partition coefficient (Wildman–Crippen LogP) is 2.38. The molecule has 6 heteroatoms. The van der Waals surface area contributed by atoms with E-state index in [-0.39, 0.29) is 17.4 Å². The molecule has 1 atom stereocenters. The lowest BCUT2D eigenvalue weighted by atomic mass is 9.73. The van der Waals surface area contributed by atoms with E-state index in [1.54, 1.807) is 0 Å². The van der Waals surface area contributed by atoms with Gasteiger partial charge in [-0.3, -0.25) is 9.69 Å². The summed E-state index contributed by atoms with van der Waals surface area (Å²) in [5, 5.41) is 3.07. The number of anilines is 1. The molecule has 5 rings (SSSR count). The number of rotatable bonds is 2. The molecule has 1 N–H and O–H groups in total. The molecule has 0 aliphatic carbocycles. The van der Waals surface area contributed by atoms with E-state index < -0.39 is 0 Å². The van der Waals surface area contributed by atoms with Crippen LogP contribution in [0.5, 0.6) is 5.88 Å². The van der Waals surface area contributed by atoms with Gasteiger partial charge in [0, 0.05) is 29.9 Å². The Kier molecular flexibility index (Phi) is 3.72. The maximum absolute atomic E-state index is 12.7. The van der Waals surface area contributed by atoms with Crippen molar-refractivity contribution in [2.75, 3.05) is 25.0 Å². The second kappa shape index (κ2) is 6.02. The Bertz CT molecular complexity index is 918. The lowest BCUT2D eigenvalue weighted by Gasteiger charge is -2.38. The van der Waals surface area contributed by atoms with Gasteiger partial charge in [-0.1, -0.05) is 18.2 Å². The van der Waals surface area contributed by atoms with Gasteiger partial charge >= 0.3 is 0 Å². The first-order valence-electron chi connectivity index (χ1n) is 9.69. The zero-order chi connectivity index (χ0) is 18.6. The molecule has 3 aliphatic heterocycles. The molecule has 3 aliphatic rings. The number of amides is 1. The van der Waals surface area contributed by atoms with Crippen molar-refractivity contribution in [1.29, 1.82) is 0 Å². The standard InChI is InChI=1S/C21H24N4O2/c1-13-16-11-15(27-19(16)23-14(2)22-13)12-25-9-7-21(8-10-25)17-5-3-4-6-18(17)24-20(21)26/h3-6,15H,7-12H2,1-2H3,(H,24,26)/t15-/m1/s1. The zero-order valence-corrected chi connectivity index (χ0v) is 15.8. The van der Waals surface area contributed by atoms with Gasteiger partial charge < -0.3 is 10.1 Å². The van der Waals surface area contributed by atoms with Crippen LogP contribution in [0.15, 0.2) is 24.3 Å². The van der Waals surface area contributed by atoms with E-state index in [0.717, 1.165) is 67.5 Å². The number of carbonyl (C=O) groups excluding carboxylic acids is 1. The highest BCUT2D eigenvalue weighted by Gasteiger charge is 2.48. The first-order valence-corrected chi connectivity index (χ1v) is 9.69. The smallest absolute Gasteiger partial charge is 0.235 e. The second-order valence-corrected chi connectivity index (χ2v) is 7.97. The largest absolute Gasteiger partial charge is 0.472 e. The van der Waals surface area contributed by atoms with Crippen molar-refractivity contribution in [2.45, 2.75) is 44.6 Å². The summed E-state index contributed by atoms with van der Waals surface area (Å²) >= 11 is 0. The van der Waals surface area contributed by atoms with Gasteiger partial charge in [-0.25, -0.2) is 4.98 Å². The topological polar surface area (TPSA) is 67.4 Å². The number of aryl methyl sites for hydroxylation is 2. The molecular formula is C21H24N4O2. The molecule has 1 fully saturated rings. The first kappa shape index (κ1) is 16.7. The number of aromatic nitrogens is 2. The lowest BCUT2D eigenvalue weighted by molar-refractivity contribution is -0.122. The molecule has 6 nitrogen and oxygen atoms in total. The maximum atomic E-state index is 12.7. The van der Waals surface area contributed by atoms with Crippen LogP contribution >= 0.6 is 0 Å². The minimum absolute atomic E-state index is 0.119. The van der Waals surface area contributed by atoms with Crippen LogP contribution in [0.4, 0.5) is 5.69 Å². The van der Waals surface area contributed by atoms with Crippen LogP contribution in [0.3, 0.4) is 0 Å². The molecule has 0 unspecified atom stereocenters. The van der Waals surface area contributed by atoms with Crippen molar-refractivity contribution in [3.05, 3.63) is 46.9 Å². The quantitative estimate of drug-likeness (QED) is 0.886. The first-order chi connectivity index (χ1) is 13.0. The van der Waals surface area contributed by atoms with E-state index in [1.807, 2.05) is 32.0 Å². The SMILES string of the molecule is Cc1nc(C)c2c(n1)O[C@@H](CN1CCC3(CC1)C(=O)Nc1ccccc13)C2. The number of nitrogens with zero attached hydrogens (tertiary/aromatic N) is 3. The van der Waals surface area contributed by atoms with Crippen molar-refractivity contribution in [3.8, 4) is 5.88 Å². The molecule has 0 saturated carbocycles. The number of carbonyl (C=O) groups is 1. The molecule has 0 radical (unpaired) electrons. The summed E-state index contributed by atoms with van der Waals surface area (Å²) in [7, 11) is 0. The Hall–Kier alpha value is -2.47. The van der Waals surface area contributed by atoms with Gasteiger partial charge in [0.25, 0.3) is 0 Å². The van der Waals surface area contributed by atoms with Crippen molar-refractivity contribution in [2.24, 2.45) is 0 Å². The highest BCUT2D eigenvalue weighted by Crippen LogP contribution is 2.44. The summed E-state index contributed by atoms with van der Waals surface area (Å²) in [6, 6.07) is 8.11. The molecule has 2 aromatic rings. The number of likely N-dealkylation sites (tertiary alicyclic amines) is 1. The minimum atomic E-state index is -0.355. The average Bonchev–Trinajstić information content (AvgIpc) is 3.16. The van der Waals surface area contributed by atoms with Crippen molar-refractivity contribution >= 4 is 11.6 Å². The minimum Gasteiger partial charge on any atom is -0.472 e. The number of hydrogen-bond acceptors (Lipinski definition) is 5. The lowest BCUT2D eigenvalue weighted by Crippen LogP contribution is -2.48. The van der Waals surface area contributed by atoms with Crippen molar-refractivity contribution in [3.63, 3.8) is 0 Å². The summed E-state index contributed by atoms with van der Waals surface area (Å²) < 4.78 is 6.09. The predicted molar refractivity (Wildman–Crippen MR) is 102 cm³/mol. The second-order valence-electron chi connectivity index (χ2n) is 7.97. The number of benzene rings is 1. The average molecular weight is 364 g/mol. The third-order valence-electron chi connectivity index (χ3n) is 6.29. The molecule has 1 saturated heterocycles. The van der Waals surface area contributed by atoms with Crippen molar-refractivity contribution in [1.82, 2.24) is 14.9 Å². The van der Waals surface area contributed by atoms with E-state index in [2.05, 4.69) is 26.3 Å². The number of ether oxygens (including phenoxy) is 1. The molecular weight excluding hydrogens is 340 g/mol. The van der Waals surface area contributed by atoms with E-state index in [1.165, 1.54) is 5.56 Å².